The number of thiophene rings is 1. The SMILES string of the molecule is O=c1ccc2c(-c3ccsc3)nccc2[nH]1. The first-order valence-corrected chi connectivity index (χ1v) is 5.79. The lowest BCUT2D eigenvalue weighted by Crippen LogP contribution is -2.02. The Balaban J connectivity index is 2.38. The molecule has 3 aromatic rings. The van der Waals surface area contributed by atoms with Crippen molar-refractivity contribution >= 4 is 22.2 Å². The van der Waals surface area contributed by atoms with E-state index in [2.05, 4.69) is 9.97 Å². The van der Waals surface area contributed by atoms with Crippen LogP contribution in [0.3, 0.4) is 0 Å². The number of nitrogens with one attached hydrogen (secondary N) is 1. The molecule has 0 fully saturated rings. The fourth-order valence-electron chi connectivity index (χ4n) is 1.71. The van der Waals surface area contributed by atoms with E-state index in [9.17, 15) is 4.79 Å². The predicted octanol–water partition coefficient (Wildman–Crippen LogP) is 2.65. The molecule has 0 aliphatic heterocycles. The van der Waals surface area contributed by atoms with Gasteiger partial charge >= 0.3 is 0 Å². The average Bonchev–Trinajstić information content (AvgIpc) is 2.81. The molecule has 0 aliphatic rings. The lowest BCUT2D eigenvalue weighted by Gasteiger charge is -2.02. The van der Waals surface area contributed by atoms with Gasteiger partial charge in [0.25, 0.3) is 0 Å². The van der Waals surface area contributed by atoms with E-state index in [4.69, 9.17) is 0 Å². The van der Waals surface area contributed by atoms with Gasteiger partial charge in [0.05, 0.1) is 11.2 Å². The van der Waals surface area contributed by atoms with Gasteiger partial charge in [0.15, 0.2) is 0 Å². The monoisotopic (exact) mass is 228 g/mol. The van der Waals surface area contributed by atoms with Crippen LogP contribution in [0.25, 0.3) is 22.2 Å². The number of H-pyrrole nitrogens is 1. The summed E-state index contributed by atoms with van der Waals surface area (Å²) < 4.78 is 0. The Hall–Kier alpha value is -1.94. The Kier molecular flexibility index (Phi) is 2.08. The van der Waals surface area contributed by atoms with Gasteiger partial charge < -0.3 is 4.98 Å². The molecule has 0 bridgehead atoms. The van der Waals surface area contributed by atoms with Crippen LogP contribution in [-0.4, -0.2) is 9.97 Å². The lowest BCUT2D eigenvalue weighted by molar-refractivity contribution is 1.28. The maximum atomic E-state index is 11.2. The van der Waals surface area contributed by atoms with Crippen LogP contribution >= 0.6 is 11.3 Å². The van der Waals surface area contributed by atoms with E-state index in [1.165, 1.54) is 6.07 Å². The highest BCUT2D eigenvalue weighted by molar-refractivity contribution is 7.08. The number of aromatic amines is 1. The number of hydrogen-bond donors (Lipinski definition) is 1. The maximum absolute atomic E-state index is 11.2. The zero-order valence-electron chi connectivity index (χ0n) is 8.31. The summed E-state index contributed by atoms with van der Waals surface area (Å²) in [6, 6.07) is 7.18. The van der Waals surface area contributed by atoms with E-state index in [-0.39, 0.29) is 5.56 Å². The first-order chi connectivity index (χ1) is 7.84. The van der Waals surface area contributed by atoms with Crippen LogP contribution in [0.1, 0.15) is 0 Å². The fourth-order valence-corrected chi connectivity index (χ4v) is 2.35. The molecule has 0 saturated carbocycles. The van der Waals surface area contributed by atoms with Gasteiger partial charge in [0.1, 0.15) is 0 Å². The van der Waals surface area contributed by atoms with Gasteiger partial charge in [-0.1, -0.05) is 0 Å². The molecule has 3 nitrogen and oxygen atoms in total. The minimum absolute atomic E-state index is 0.0880. The van der Waals surface area contributed by atoms with E-state index >= 15 is 0 Å². The molecule has 0 saturated heterocycles. The molecule has 3 heterocycles. The van der Waals surface area contributed by atoms with Crippen LogP contribution in [0.15, 0.2) is 46.0 Å². The molecule has 3 aromatic heterocycles. The second kappa shape index (κ2) is 3.57. The molecule has 3 rings (SSSR count). The Bertz CT molecular complexity index is 686. The van der Waals surface area contributed by atoms with Crippen molar-refractivity contribution in [1.29, 1.82) is 0 Å². The van der Waals surface area contributed by atoms with Gasteiger partial charge in [-0.15, -0.1) is 0 Å². The highest BCUT2D eigenvalue weighted by Gasteiger charge is 2.05. The summed E-state index contributed by atoms with van der Waals surface area (Å²) in [6.07, 6.45) is 1.71. The summed E-state index contributed by atoms with van der Waals surface area (Å²) >= 11 is 1.63. The van der Waals surface area contributed by atoms with Crippen LogP contribution in [-0.2, 0) is 0 Å². The zero-order valence-corrected chi connectivity index (χ0v) is 9.12. The van der Waals surface area contributed by atoms with E-state index in [0.29, 0.717) is 0 Å². The van der Waals surface area contributed by atoms with Gasteiger partial charge in [0, 0.05) is 28.6 Å². The first-order valence-electron chi connectivity index (χ1n) is 4.85. The number of nitrogens with zero attached hydrogens (tertiary/aromatic N) is 1. The summed E-state index contributed by atoms with van der Waals surface area (Å²) in [5, 5.41) is 5.04. The van der Waals surface area contributed by atoms with E-state index < -0.39 is 0 Å². The molecular formula is C12H8N2OS. The highest BCUT2D eigenvalue weighted by Crippen LogP contribution is 2.26. The summed E-state index contributed by atoms with van der Waals surface area (Å²) in [6.45, 7) is 0. The van der Waals surface area contributed by atoms with Crippen molar-refractivity contribution in [2.75, 3.05) is 0 Å². The molecule has 78 valence electrons. The van der Waals surface area contributed by atoms with Crippen molar-refractivity contribution in [3.63, 3.8) is 0 Å². The third-order valence-corrected chi connectivity index (χ3v) is 3.13. The number of pyridine rings is 2. The van der Waals surface area contributed by atoms with E-state index in [1.807, 2.05) is 29.0 Å². The molecular weight excluding hydrogens is 220 g/mol. The number of rotatable bonds is 1. The standard InChI is InChI=1S/C12H8N2OS/c15-11-2-1-9-10(14-11)3-5-13-12(9)8-4-6-16-7-8/h1-7H,(H,14,15). The minimum atomic E-state index is -0.0880. The average molecular weight is 228 g/mol. The van der Waals surface area contributed by atoms with Gasteiger partial charge in [-0.05, 0) is 23.6 Å². The number of hydrogen-bond acceptors (Lipinski definition) is 3. The van der Waals surface area contributed by atoms with Gasteiger partial charge in [0.2, 0.25) is 5.56 Å². The van der Waals surface area contributed by atoms with Crippen molar-refractivity contribution in [3.8, 4) is 11.3 Å². The second-order valence-corrected chi connectivity index (χ2v) is 4.24. The highest BCUT2D eigenvalue weighted by atomic mass is 32.1. The Labute approximate surface area is 95.4 Å². The smallest absolute Gasteiger partial charge is 0.248 e. The van der Waals surface area contributed by atoms with Gasteiger partial charge in [-0.2, -0.15) is 11.3 Å². The number of aromatic nitrogens is 2. The fraction of sp³-hybridized carbons (Fsp3) is 0. The third-order valence-electron chi connectivity index (χ3n) is 2.44. The molecule has 0 aliphatic carbocycles. The van der Waals surface area contributed by atoms with Crippen LogP contribution in [0.4, 0.5) is 0 Å². The first kappa shape index (κ1) is 9.30. The molecule has 1 N–H and O–H groups in total. The lowest BCUT2D eigenvalue weighted by atomic mass is 10.1. The summed E-state index contributed by atoms with van der Waals surface area (Å²) in [5.74, 6) is 0. The van der Waals surface area contributed by atoms with Crippen molar-refractivity contribution < 1.29 is 0 Å². The predicted molar refractivity (Wildman–Crippen MR) is 65.7 cm³/mol. The molecule has 0 atom stereocenters. The van der Waals surface area contributed by atoms with Crippen molar-refractivity contribution in [3.05, 3.63) is 51.6 Å². The normalized spacial score (nSPS) is 10.8. The van der Waals surface area contributed by atoms with Crippen molar-refractivity contribution in [1.82, 2.24) is 9.97 Å². The molecule has 16 heavy (non-hydrogen) atoms. The molecule has 0 aromatic carbocycles. The molecule has 4 heteroatoms. The van der Waals surface area contributed by atoms with Crippen LogP contribution < -0.4 is 5.56 Å². The Morgan fingerprint density at radius 2 is 2.12 bits per heavy atom. The largest absolute Gasteiger partial charge is 0.322 e. The van der Waals surface area contributed by atoms with Crippen molar-refractivity contribution in [2.24, 2.45) is 0 Å². The second-order valence-electron chi connectivity index (χ2n) is 3.46. The van der Waals surface area contributed by atoms with E-state index in [1.54, 1.807) is 17.5 Å². The maximum Gasteiger partial charge on any atom is 0.248 e. The van der Waals surface area contributed by atoms with Crippen LogP contribution in [0, 0.1) is 0 Å². The van der Waals surface area contributed by atoms with E-state index in [0.717, 1.165) is 22.2 Å². The minimum Gasteiger partial charge on any atom is -0.322 e. The van der Waals surface area contributed by atoms with Crippen LogP contribution in [0.2, 0.25) is 0 Å². The molecule has 0 spiro atoms. The third kappa shape index (κ3) is 1.44. The summed E-state index contributed by atoms with van der Waals surface area (Å²) in [7, 11) is 0. The summed E-state index contributed by atoms with van der Waals surface area (Å²) in [5.41, 5.74) is 2.73. The van der Waals surface area contributed by atoms with Crippen molar-refractivity contribution in [2.45, 2.75) is 0 Å². The Morgan fingerprint density at radius 1 is 1.19 bits per heavy atom. The molecule has 0 amide bonds. The molecule has 0 radical (unpaired) electrons. The topological polar surface area (TPSA) is 45.8 Å². The van der Waals surface area contributed by atoms with Gasteiger partial charge in [-0.3, -0.25) is 9.78 Å². The quantitative estimate of drug-likeness (QED) is 0.696. The van der Waals surface area contributed by atoms with Gasteiger partial charge in [-0.25, -0.2) is 0 Å². The zero-order chi connectivity index (χ0) is 11.0. The molecule has 0 unspecified atom stereocenters. The number of fused-ring (bicyclic) bond motifs is 1. The van der Waals surface area contributed by atoms with Crippen LogP contribution in [0.5, 0.6) is 0 Å². The Morgan fingerprint density at radius 3 is 2.94 bits per heavy atom. The summed E-state index contributed by atoms with van der Waals surface area (Å²) in [4.78, 5) is 18.4.